The molecule has 134 valence electrons. The lowest BCUT2D eigenvalue weighted by Gasteiger charge is -2.23. The largest absolute Gasteiger partial charge is 0.381 e. The molecule has 4 rings (SSSR count). The highest BCUT2D eigenvalue weighted by atomic mass is 32.1. The Morgan fingerprint density at radius 1 is 1.19 bits per heavy atom. The van der Waals surface area contributed by atoms with Crippen molar-refractivity contribution in [3.8, 4) is 11.1 Å². The number of thiazole rings is 1. The highest BCUT2D eigenvalue weighted by Gasteiger charge is 2.14. The quantitative estimate of drug-likeness (QED) is 0.730. The Morgan fingerprint density at radius 3 is 2.81 bits per heavy atom. The first-order valence-corrected chi connectivity index (χ1v) is 9.48. The molecule has 0 radical (unpaired) electrons. The summed E-state index contributed by atoms with van der Waals surface area (Å²) in [5, 5.41) is 6.88. The predicted molar refractivity (Wildman–Crippen MR) is 105 cm³/mol. The molecule has 1 amide bonds. The van der Waals surface area contributed by atoms with Crippen LogP contribution in [0.15, 0.2) is 36.5 Å². The van der Waals surface area contributed by atoms with Crippen molar-refractivity contribution in [1.29, 1.82) is 0 Å². The van der Waals surface area contributed by atoms with Crippen molar-refractivity contribution in [2.45, 2.75) is 25.8 Å². The minimum absolute atomic E-state index is 0.109. The minimum atomic E-state index is -0.109. The summed E-state index contributed by atoms with van der Waals surface area (Å²) in [5.41, 5.74) is 3.09. The van der Waals surface area contributed by atoms with E-state index in [1.807, 2.05) is 24.4 Å². The molecule has 3 heterocycles. The van der Waals surface area contributed by atoms with Crippen molar-refractivity contribution >= 4 is 38.4 Å². The third-order valence-electron chi connectivity index (χ3n) is 4.34. The first kappa shape index (κ1) is 16.9. The van der Waals surface area contributed by atoms with Crippen LogP contribution in [0.1, 0.15) is 19.8 Å². The molecule has 6 nitrogen and oxygen atoms in total. The fourth-order valence-corrected chi connectivity index (χ4v) is 4.00. The Bertz CT molecular complexity index is 934. The molecule has 1 aliphatic rings. The van der Waals surface area contributed by atoms with Crippen LogP contribution in [-0.2, 0) is 9.53 Å². The molecule has 1 fully saturated rings. The number of rotatable bonds is 4. The second-order valence-corrected chi connectivity index (χ2v) is 7.37. The number of amides is 1. The van der Waals surface area contributed by atoms with Crippen LogP contribution in [0.25, 0.3) is 21.3 Å². The Balaban J connectivity index is 1.58. The molecule has 1 aliphatic heterocycles. The minimum Gasteiger partial charge on any atom is -0.381 e. The van der Waals surface area contributed by atoms with E-state index in [1.165, 1.54) is 18.3 Å². The third-order valence-corrected chi connectivity index (χ3v) is 5.27. The number of pyridine rings is 1. The number of carbonyl (C=O) groups is 1. The van der Waals surface area contributed by atoms with Gasteiger partial charge < -0.3 is 15.4 Å². The number of hydrogen-bond acceptors (Lipinski definition) is 6. The predicted octanol–water partition coefficient (Wildman–Crippen LogP) is 3.91. The number of aromatic nitrogens is 2. The number of carbonyl (C=O) groups excluding carboxylic acids is 1. The molecule has 0 aliphatic carbocycles. The van der Waals surface area contributed by atoms with Gasteiger partial charge in [0.1, 0.15) is 5.82 Å². The Kier molecular flexibility index (Phi) is 4.81. The highest BCUT2D eigenvalue weighted by molar-refractivity contribution is 7.22. The molecule has 0 bridgehead atoms. The molecule has 1 aromatic carbocycles. The van der Waals surface area contributed by atoms with E-state index >= 15 is 0 Å². The molecular formula is C19H20N4O2S. The Labute approximate surface area is 155 Å². The third kappa shape index (κ3) is 3.84. The normalized spacial score (nSPS) is 15.1. The lowest BCUT2D eigenvalue weighted by molar-refractivity contribution is -0.114. The van der Waals surface area contributed by atoms with E-state index in [0.29, 0.717) is 11.2 Å². The maximum atomic E-state index is 11.2. The maximum Gasteiger partial charge on any atom is 0.223 e. The van der Waals surface area contributed by atoms with Gasteiger partial charge in [0, 0.05) is 32.4 Å². The van der Waals surface area contributed by atoms with Crippen molar-refractivity contribution in [2.75, 3.05) is 23.8 Å². The summed E-state index contributed by atoms with van der Waals surface area (Å²) < 4.78 is 6.45. The zero-order chi connectivity index (χ0) is 17.9. The van der Waals surface area contributed by atoms with Crippen LogP contribution in [0.5, 0.6) is 0 Å². The van der Waals surface area contributed by atoms with Crippen LogP contribution in [0.3, 0.4) is 0 Å². The fraction of sp³-hybridized carbons (Fsp3) is 0.316. The number of benzene rings is 1. The van der Waals surface area contributed by atoms with E-state index in [9.17, 15) is 4.79 Å². The first-order valence-electron chi connectivity index (χ1n) is 8.66. The van der Waals surface area contributed by atoms with Crippen molar-refractivity contribution in [3.05, 3.63) is 36.5 Å². The van der Waals surface area contributed by atoms with Gasteiger partial charge in [-0.1, -0.05) is 17.4 Å². The fourth-order valence-electron chi connectivity index (χ4n) is 3.05. The van der Waals surface area contributed by atoms with Gasteiger partial charge in [-0.05, 0) is 48.2 Å². The molecule has 3 aromatic rings. The van der Waals surface area contributed by atoms with Gasteiger partial charge in [-0.25, -0.2) is 9.97 Å². The molecule has 0 saturated carbocycles. The van der Waals surface area contributed by atoms with Gasteiger partial charge in [-0.15, -0.1) is 0 Å². The molecule has 2 aromatic heterocycles. The SMILES string of the molecule is CC(=O)Nc1nc2ccc(-c3ccnc(NC4CCOCC4)c3)cc2s1. The van der Waals surface area contributed by atoms with E-state index in [-0.39, 0.29) is 5.91 Å². The number of nitrogens with one attached hydrogen (secondary N) is 2. The molecule has 0 spiro atoms. The summed E-state index contributed by atoms with van der Waals surface area (Å²) in [5.74, 6) is 0.778. The van der Waals surface area contributed by atoms with Crippen LogP contribution in [0, 0.1) is 0 Å². The van der Waals surface area contributed by atoms with Crippen LogP contribution >= 0.6 is 11.3 Å². The average Bonchev–Trinajstić information content (AvgIpc) is 3.03. The standard InChI is InChI=1S/C19H20N4O2S/c1-12(24)21-19-23-16-3-2-13(10-17(16)26-19)14-4-7-20-18(11-14)22-15-5-8-25-9-6-15/h2-4,7,10-11,15H,5-6,8-9H2,1H3,(H,20,22)(H,21,23,24). The number of nitrogens with zero attached hydrogens (tertiary/aromatic N) is 2. The number of ether oxygens (including phenoxy) is 1. The molecule has 2 N–H and O–H groups in total. The Morgan fingerprint density at radius 2 is 2.00 bits per heavy atom. The van der Waals surface area contributed by atoms with Crippen LogP contribution in [0.2, 0.25) is 0 Å². The molecule has 26 heavy (non-hydrogen) atoms. The van der Waals surface area contributed by atoms with Gasteiger partial charge in [0.15, 0.2) is 5.13 Å². The highest BCUT2D eigenvalue weighted by Crippen LogP contribution is 2.31. The van der Waals surface area contributed by atoms with E-state index < -0.39 is 0 Å². The lowest BCUT2D eigenvalue weighted by Crippen LogP contribution is -2.28. The van der Waals surface area contributed by atoms with Crippen LogP contribution in [-0.4, -0.2) is 35.1 Å². The van der Waals surface area contributed by atoms with E-state index in [1.54, 1.807) is 0 Å². The van der Waals surface area contributed by atoms with Gasteiger partial charge >= 0.3 is 0 Å². The van der Waals surface area contributed by atoms with Crippen molar-refractivity contribution < 1.29 is 9.53 Å². The van der Waals surface area contributed by atoms with Gasteiger partial charge in [-0.2, -0.15) is 0 Å². The summed E-state index contributed by atoms with van der Waals surface area (Å²) in [7, 11) is 0. The smallest absolute Gasteiger partial charge is 0.223 e. The van der Waals surface area contributed by atoms with Crippen molar-refractivity contribution in [3.63, 3.8) is 0 Å². The molecule has 1 saturated heterocycles. The van der Waals surface area contributed by atoms with Crippen molar-refractivity contribution in [1.82, 2.24) is 9.97 Å². The van der Waals surface area contributed by atoms with Gasteiger partial charge in [-0.3, -0.25) is 4.79 Å². The summed E-state index contributed by atoms with van der Waals surface area (Å²) >= 11 is 1.48. The van der Waals surface area contributed by atoms with Gasteiger partial charge in [0.2, 0.25) is 5.91 Å². The van der Waals surface area contributed by atoms with Crippen LogP contribution in [0.4, 0.5) is 10.9 Å². The second kappa shape index (κ2) is 7.39. The van der Waals surface area contributed by atoms with Crippen LogP contribution < -0.4 is 10.6 Å². The number of hydrogen-bond donors (Lipinski definition) is 2. The average molecular weight is 368 g/mol. The topological polar surface area (TPSA) is 76.1 Å². The van der Waals surface area contributed by atoms with E-state index in [4.69, 9.17) is 4.74 Å². The summed E-state index contributed by atoms with van der Waals surface area (Å²) in [6, 6.07) is 10.6. The molecule has 7 heteroatoms. The van der Waals surface area contributed by atoms with E-state index in [2.05, 4.69) is 32.7 Å². The zero-order valence-corrected chi connectivity index (χ0v) is 15.3. The molecule has 0 atom stereocenters. The second-order valence-electron chi connectivity index (χ2n) is 6.34. The van der Waals surface area contributed by atoms with Gasteiger partial charge in [0.25, 0.3) is 0 Å². The Hall–Kier alpha value is -2.51. The summed E-state index contributed by atoms with van der Waals surface area (Å²) in [6.45, 7) is 3.09. The number of anilines is 2. The van der Waals surface area contributed by atoms with E-state index in [0.717, 1.165) is 53.2 Å². The summed E-state index contributed by atoms with van der Waals surface area (Å²) in [4.78, 5) is 20.1. The monoisotopic (exact) mass is 368 g/mol. The number of fused-ring (bicyclic) bond motifs is 1. The van der Waals surface area contributed by atoms with Gasteiger partial charge in [0.05, 0.1) is 10.2 Å². The zero-order valence-electron chi connectivity index (χ0n) is 14.5. The maximum absolute atomic E-state index is 11.2. The summed E-state index contributed by atoms with van der Waals surface area (Å²) in [6.07, 6.45) is 3.84. The molecular weight excluding hydrogens is 348 g/mol. The van der Waals surface area contributed by atoms with Crippen molar-refractivity contribution in [2.24, 2.45) is 0 Å². The molecule has 0 unspecified atom stereocenters. The first-order chi connectivity index (χ1) is 12.7. The lowest BCUT2D eigenvalue weighted by atomic mass is 10.1.